The molecule has 2 rings (SSSR count). The molecule has 0 aliphatic rings. The lowest BCUT2D eigenvalue weighted by Crippen LogP contribution is -2.38. The van der Waals surface area contributed by atoms with E-state index in [1.165, 1.54) is 17.0 Å². The Balaban J connectivity index is 1.90. The Bertz CT molecular complexity index is 628. The minimum Gasteiger partial charge on any atom is -0.347 e. The maximum Gasteiger partial charge on any atom is 0.234 e. The van der Waals surface area contributed by atoms with Crippen molar-refractivity contribution in [3.8, 4) is 0 Å². The van der Waals surface area contributed by atoms with Gasteiger partial charge in [0.25, 0.3) is 0 Å². The first kappa shape index (κ1) is 17.6. The van der Waals surface area contributed by atoms with Crippen molar-refractivity contribution in [3.05, 3.63) is 58.0 Å². The summed E-state index contributed by atoms with van der Waals surface area (Å²) in [5, 5.41) is 5.12. The van der Waals surface area contributed by atoms with Gasteiger partial charge in [0.15, 0.2) is 0 Å². The Morgan fingerprint density at radius 3 is 2.70 bits per heavy atom. The zero-order valence-electron chi connectivity index (χ0n) is 13.8. The van der Waals surface area contributed by atoms with E-state index in [1.54, 1.807) is 17.4 Å². The fourth-order valence-electron chi connectivity index (χ4n) is 2.50. The van der Waals surface area contributed by atoms with E-state index in [2.05, 4.69) is 19.2 Å². The van der Waals surface area contributed by atoms with Gasteiger partial charge >= 0.3 is 0 Å². The average Bonchev–Trinajstić information content (AvgIpc) is 2.98. The number of benzene rings is 1. The van der Waals surface area contributed by atoms with Crippen LogP contribution in [0.25, 0.3) is 0 Å². The van der Waals surface area contributed by atoms with Crippen LogP contribution in [0.15, 0.2) is 41.8 Å². The molecule has 124 valence electrons. The van der Waals surface area contributed by atoms with E-state index < -0.39 is 0 Å². The lowest BCUT2D eigenvalue weighted by Gasteiger charge is -2.23. The van der Waals surface area contributed by atoms with Gasteiger partial charge in [-0.1, -0.05) is 32.0 Å². The van der Waals surface area contributed by atoms with Crippen LogP contribution in [0.4, 0.5) is 4.39 Å². The molecular formula is C18H23FN2OS. The molecule has 1 aromatic carbocycles. The van der Waals surface area contributed by atoms with E-state index in [1.807, 2.05) is 35.5 Å². The van der Waals surface area contributed by atoms with Gasteiger partial charge in [-0.05, 0) is 42.1 Å². The summed E-state index contributed by atoms with van der Waals surface area (Å²) < 4.78 is 13.2. The van der Waals surface area contributed by atoms with Crippen molar-refractivity contribution in [2.75, 3.05) is 13.6 Å². The number of amides is 1. The molecule has 1 aromatic heterocycles. The highest BCUT2D eigenvalue weighted by Crippen LogP contribution is 2.25. The summed E-state index contributed by atoms with van der Waals surface area (Å²) in [7, 11) is 1.86. The average molecular weight is 334 g/mol. The third-order valence-corrected chi connectivity index (χ3v) is 4.54. The number of carbonyl (C=O) groups is 1. The first-order chi connectivity index (χ1) is 11.0. The molecule has 0 spiro atoms. The number of nitrogens with one attached hydrogen (secondary N) is 1. The predicted molar refractivity (Wildman–Crippen MR) is 92.8 cm³/mol. The van der Waals surface area contributed by atoms with Gasteiger partial charge in [0.1, 0.15) is 5.82 Å². The minimum atomic E-state index is -0.252. The van der Waals surface area contributed by atoms with Crippen LogP contribution in [0.3, 0.4) is 0 Å². The topological polar surface area (TPSA) is 32.3 Å². The van der Waals surface area contributed by atoms with Gasteiger partial charge in [-0.15, -0.1) is 11.3 Å². The summed E-state index contributed by atoms with van der Waals surface area (Å²) in [4.78, 5) is 15.4. The number of thiophene rings is 1. The lowest BCUT2D eigenvalue weighted by atomic mass is 10.0. The van der Waals surface area contributed by atoms with Gasteiger partial charge < -0.3 is 5.32 Å². The molecule has 0 saturated carbocycles. The van der Waals surface area contributed by atoms with Crippen molar-refractivity contribution in [2.24, 2.45) is 5.92 Å². The summed E-state index contributed by atoms with van der Waals surface area (Å²) >= 11 is 1.65. The van der Waals surface area contributed by atoms with E-state index in [0.29, 0.717) is 12.5 Å². The number of nitrogens with zero attached hydrogens (tertiary/aromatic N) is 1. The van der Waals surface area contributed by atoms with Gasteiger partial charge in [-0.2, -0.15) is 0 Å². The van der Waals surface area contributed by atoms with Crippen LogP contribution in [0.2, 0.25) is 0 Å². The smallest absolute Gasteiger partial charge is 0.234 e. The molecule has 0 radical (unpaired) electrons. The molecule has 1 heterocycles. The summed E-state index contributed by atoms with van der Waals surface area (Å²) in [6.45, 7) is 5.02. The van der Waals surface area contributed by atoms with Crippen LogP contribution in [-0.2, 0) is 11.3 Å². The fraction of sp³-hybridized carbons (Fsp3) is 0.389. The molecular weight excluding hydrogens is 311 g/mol. The molecule has 0 saturated heterocycles. The van der Waals surface area contributed by atoms with Crippen LogP contribution in [0.5, 0.6) is 0 Å². The normalized spacial score (nSPS) is 12.6. The van der Waals surface area contributed by atoms with Crippen LogP contribution < -0.4 is 5.32 Å². The highest BCUT2D eigenvalue weighted by Gasteiger charge is 2.19. The molecule has 0 bridgehead atoms. The molecule has 0 aliphatic carbocycles. The van der Waals surface area contributed by atoms with E-state index >= 15 is 0 Å². The maximum atomic E-state index is 13.2. The Morgan fingerprint density at radius 2 is 2.09 bits per heavy atom. The highest BCUT2D eigenvalue weighted by molar-refractivity contribution is 7.10. The van der Waals surface area contributed by atoms with Crippen molar-refractivity contribution in [1.29, 1.82) is 0 Å². The second kappa shape index (κ2) is 8.22. The number of rotatable bonds is 7. The standard InChI is InChI=1S/C18H23FN2OS/c1-13(2)18(16-8-5-9-23-16)20-17(22)12-21(3)11-14-6-4-7-15(19)10-14/h4-10,13,18H,11-12H2,1-3H3,(H,20,22). The summed E-state index contributed by atoms with van der Waals surface area (Å²) in [5.41, 5.74) is 0.860. The second-order valence-corrected chi connectivity index (χ2v) is 7.09. The zero-order valence-corrected chi connectivity index (χ0v) is 14.6. The molecule has 1 atom stereocenters. The van der Waals surface area contributed by atoms with Gasteiger partial charge in [0.05, 0.1) is 12.6 Å². The zero-order chi connectivity index (χ0) is 16.8. The Kier molecular flexibility index (Phi) is 6.30. The molecule has 23 heavy (non-hydrogen) atoms. The summed E-state index contributed by atoms with van der Waals surface area (Å²) in [6.07, 6.45) is 0. The number of carbonyl (C=O) groups excluding carboxylic acids is 1. The van der Waals surface area contributed by atoms with Crippen LogP contribution in [0.1, 0.15) is 30.3 Å². The van der Waals surface area contributed by atoms with E-state index in [4.69, 9.17) is 0 Å². The summed E-state index contributed by atoms with van der Waals surface area (Å²) in [5.74, 6) is 0.0556. The molecule has 1 amide bonds. The first-order valence-corrected chi connectivity index (χ1v) is 8.59. The monoisotopic (exact) mass is 334 g/mol. The fourth-order valence-corrected chi connectivity index (χ4v) is 3.45. The minimum absolute atomic E-state index is 0.0176. The van der Waals surface area contributed by atoms with Gasteiger partial charge in [0, 0.05) is 11.4 Å². The van der Waals surface area contributed by atoms with Gasteiger partial charge in [0.2, 0.25) is 5.91 Å². The van der Waals surface area contributed by atoms with Crippen molar-refractivity contribution in [2.45, 2.75) is 26.4 Å². The van der Waals surface area contributed by atoms with Gasteiger partial charge in [-0.3, -0.25) is 9.69 Å². The predicted octanol–water partition coefficient (Wildman–Crippen LogP) is 3.83. The number of hydrogen-bond donors (Lipinski definition) is 1. The van der Waals surface area contributed by atoms with Gasteiger partial charge in [-0.25, -0.2) is 4.39 Å². The Morgan fingerprint density at radius 1 is 1.30 bits per heavy atom. The highest BCUT2D eigenvalue weighted by atomic mass is 32.1. The number of hydrogen-bond acceptors (Lipinski definition) is 3. The molecule has 1 unspecified atom stereocenters. The third kappa shape index (κ3) is 5.44. The van der Waals surface area contributed by atoms with Crippen molar-refractivity contribution in [1.82, 2.24) is 10.2 Å². The quantitative estimate of drug-likeness (QED) is 0.834. The van der Waals surface area contributed by atoms with E-state index in [-0.39, 0.29) is 24.3 Å². The molecule has 2 aromatic rings. The molecule has 5 heteroatoms. The Labute approximate surface area is 141 Å². The third-order valence-electron chi connectivity index (χ3n) is 3.59. The summed E-state index contributed by atoms with van der Waals surface area (Å²) in [6, 6.07) is 10.5. The number of halogens is 1. The maximum absolute atomic E-state index is 13.2. The molecule has 0 aliphatic heterocycles. The second-order valence-electron chi connectivity index (χ2n) is 6.11. The van der Waals surface area contributed by atoms with Crippen LogP contribution in [-0.4, -0.2) is 24.4 Å². The lowest BCUT2D eigenvalue weighted by molar-refractivity contribution is -0.123. The van der Waals surface area contributed by atoms with Crippen molar-refractivity contribution >= 4 is 17.2 Å². The van der Waals surface area contributed by atoms with E-state index in [0.717, 1.165) is 5.56 Å². The van der Waals surface area contributed by atoms with Crippen LogP contribution >= 0.6 is 11.3 Å². The van der Waals surface area contributed by atoms with Crippen molar-refractivity contribution < 1.29 is 9.18 Å². The van der Waals surface area contributed by atoms with Crippen LogP contribution in [0, 0.1) is 11.7 Å². The van der Waals surface area contributed by atoms with Crippen molar-refractivity contribution in [3.63, 3.8) is 0 Å². The molecule has 3 nitrogen and oxygen atoms in total. The SMILES string of the molecule is CC(C)C(NC(=O)CN(C)Cc1cccc(F)c1)c1cccs1. The largest absolute Gasteiger partial charge is 0.347 e. The molecule has 1 N–H and O–H groups in total. The molecule has 0 fully saturated rings. The number of likely N-dealkylation sites (N-methyl/N-ethyl adjacent to an activating group) is 1. The Hall–Kier alpha value is -1.72. The first-order valence-electron chi connectivity index (χ1n) is 7.71. The van der Waals surface area contributed by atoms with E-state index in [9.17, 15) is 9.18 Å².